The summed E-state index contributed by atoms with van der Waals surface area (Å²) in [5, 5.41) is 32.0. The second-order valence-electron chi connectivity index (χ2n) is 32.0. The van der Waals surface area contributed by atoms with Crippen LogP contribution in [0.1, 0.15) is 150 Å². The van der Waals surface area contributed by atoms with Gasteiger partial charge in [0.2, 0.25) is 17.7 Å². The van der Waals surface area contributed by atoms with Gasteiger partial charge >= 0.3 is 18.1 Å². The number of fused-ring (bicyclic) bond motifs is 4. The van der Waals surface area contributed by atoms with E-state index in [1.807, 2.05) is 78.9 Å². The maximum atomic E-state index is 15.7. The van der Waals surface area contributed by atoms with Gasteiger partial charge in [-0.25, -0.2) is 9.59 Å². The number of nitriles is 1. The predicted octanol–water partition coefficient (Wildman–Crippen LogP) is 13.0. The highest BCUT2D eigenvalue weighted by atomic mass is 35.5. The number of rotatable bonds is 37. The summed E-state index contributed by atoms with van der Waals surface area (Å²) in [5.74, 6) is -3.16. The van der Waals surface area contributed by atoms with E-state index in [4.69, 9.17) is 41.0 Å². The quantitative estimate of drug-likeness (QED) is 0.0120. The molecule has 2 aromatic heterocycles. The minimum atomic E-state index is -1.16. The first kappa shape index (κ1) is 88.0. The standard InChI is InChI=1S/C90H109ClN12O14/c1-57(2)83(97-81(105)37-41-113-43-45-115-46-44-114-42-38-82(106)117-90(5,6)7)85(108)96-78(28-19-39-94-88(93)111)84(107)95-65-31-29-62(63(47-65)53-98(8)89(112)116-56-77-72-26-17-15-24-70(72)71-25-16-18-27-73(71)77)55-103(11,12)40-20-23-67-48-60-21-13-14-22-61(60)54-101(67)86(109)74-36-30-64(91)49-76(74)80-51-75(58(3)100(80)10)87(110)102(66-32-34-69(104)35-33-66)79-50-68(52-92)99(9)59(79)4/h13-18,21-22,24-27,29-36,47,49-51,57,67,77-78,83H,19-20,23,28,37-46,48,53-56H2,1-12H3,(H6-,93,94,95,96,97,104,105,107,108,111)/p+1/t67-,78+,83+/m1/s1. The van der Waals surface area contributed by atoms with Gasteiger partial charge in [0.05, 0.1) is 78.0 Å². The molecule has 117 heavy (non-hydrogen) atoms. The lowest BCUT2D eigenvalue weighted by Crippen LogP contribution is -2.54. The number of quaternary nitrogens is 1. The van der Waals surface area contributed by atoms with E-state index in [0.29, 0.717) is 110 Å². The minimum Gasteiger partial charge on any atom is -0.508 e. The molecule has 3 atom stereocenters. The topological polar surface area (TPSA) is 320 Å². The van der Waals surface area contributed by atoms with Crippen LogP contribution in [0.3, 0.4) is 0 Å². The molecule has 1 aliphatic heterocycles. The van der Waals surface area contributed by atoms with Crippen molar-refractivity contribution < 1.29 is 71.6 Å². The Hall–Kier alpha value is -11.3. The van der Waals surface area contributed by atoms with Crippen LogP contribution < -0.4 is 31.9 Å². The summed E-state index contributed by atoms with van der Waals surface area (Å²) in [5.41, 5.74) is 17.7. The van der Waals surface area contributed by atoms with Gasteiger partial charge in [-0.3, -0.25) is 33.7 Å². The van der Waals surface area contributed by atoms with Gasteiger partial charge < -0.3 is 79.2 Å². The summed E-state index contributed by atoms with van der Waals surface area (Å²) in [4.78, 5) is 116. The Bertz CT molecular complexity index is 4900. The van der Waals surface area contributed by atoms with Crippen molar-refractivity contribution in [3.63, 3.8) is 0 Å². The average Bonchev–Trinajstić information content (AvgIpc) is 1.65. The van der Waals surface area contributed by atoms with Gasteiger partial charge in [-0.05, 0) is 178 Å². The minimum absolute atomic E-state index is 0.0195. The van der Waals surface area contributed by atoms with Gasteiger partial charge in [0.1, 0.15) is 48.3 Å². The number of hydrogen-bond acceptors (Lipinski definition) is 15. The molecule has 7 N–H and O–H groups in total. The van der Waals surface area contributed by atoms with Crippen molar-refractivity contribution in [1.82, 2.24) is 34.9 Å². The van der Waals surface area contributed by atoms with Crippen LogP contribution in [-0.2, 0) is 83.0 Å². The number of nitrogens with two attached hydrogens (primary N) is 1. The van der Waals surface area contributed by atoms with Gasteiger partial charge in [0.15, 0.2) is 0 Å². The summed E-state index contributed by atoms with van der Waals surface area (Å²) < 4.78 is 32.2. The first-order valence-electron chi connectivity index (χ1n) is 39.7. The fourth-order valence-electron chi connectivity index (χ4n) is 15.1. The second kappa shape index (κ2) is 40.0. The number of halogens is 1. The third kappa shape index (κ3) is 23.1. The lowest BCUT2D eigenvalue weighted by atomic mass is 9.90. The molecule has 0 bridgehead atoms. The van der Waals surface area contributed by atoms with Crippen LogP contribution in [0.5, 0.6) is 5.75 Å². The third-order valence-electron chi connectivity index (χ3n) is 21.4. The smallest absolute Gasteiger partial charge is 0.409 e. The van der Waals surface area contributed by atoms with Gasteiger partial charge in [-0.2, -0.15) is 5.26 Å². The van der Waals surface area contributed by atoms with Crippen molar-refractivity contribution in [3.05, 3.63) is 212 Å². The molecule has 8 aromatic rings. The number of benzene rings is 6. The van der Waals surface area contributed by atoms with E-state index in [9.17, 15) is 39.1 Å². The SMILES string of the molecule is Cc1c(N(C(=O)c2cc(-c3cc(Cl)ccc3C(=O)N3Cc4ccccc4C[C@H]3CCC[N+](C)(C)Cc3ccc(NC(=O)[C@H](CCCNC(N)=O)NC(=O)[C@@H](NC(=O)CCOCCOCCOCCC(=O)OC(C)(C)C)C(C)C)cc3CN(C)C(=O)OCC3c4ccccc4-c4ccccc43)n(C)c2C)c2ccc(O)cc2)cc(C#N)n1C. The molecule has 0 saturated heterocycles. The molecule has 26 nitrogen and oxygen atoms in total. The number of carbonyl (C=O) groups excluding carboxylic acids is 8. The Labute approximate surface area is 690 Å². The number of anilines is 3. The van der Waals surface area contributed by atoms with E-state index >= 15 is 9.59 Å². The van der Waals surface area contributed by atoms with Crippen LogP contribution in [0.2, 0.25) is 5.02 Å². The number of esters is 1. The highest BCUT2D eigenvalue weighted by Gasteiger charge is 2.37. The number of aromatic nitrogens is 2. The number of nitrogens with one attached hydrogen (secondary N) is 4. The first-order valence-corrected chi connectivity index (χ1v) is 40.1. The molecule has 0 saturated carbocycles. The van der Waals surface area contributed by atoms with Crippen molar-refractivity contribution in [3.8, 4) is 34.2 Å². The van der Waals surface area contributed by atoms with Crippen molar-refractivity contribution in [2.24, 2.45) is 25.7 Å². The zero-order chi connectivity index (χ0) is 84.4. The zero-order valence-corrected chi connectivity index (χ0v) is 69.8. The first-order chi connectivity index (χ1) is 55.8. The van der Waals surface area contributed by atoms with Crippen molar-refractivity contribution in [1.29, 1.82) is 5.26 Å². The maximum Gasteiger partial charge on any atom is 0.409 e. The molecule has 8 amide bonds. The normalized spacial score (nSPS) is 13.6. The number of primary amides is 1. The summed E-state index contributed by atoms with van der Waals surface area (Å²) in [6.07, 6.45) is 1.71. The number of hydrogen-bond donors (Lipinski definition) is 6. The number of phenolic OH excluding ortho intramolecular Hbond substituents is 1. The molecular weight excluding hydrogens is 1510 g/mol. The van der Waals surface area contributed by atoms with Gasteiger partial charge in [-0.1, -0.05) is 104 Å². The van der Waals surface area contributed by atoms with E-state index in [2.05, 4.69) is 77.8 Å². The number of phenols is 1. The Balaban J connectivity index is 0.847. The van der Waals surface area contributed by atoms with E-state index in [1.165, 1.54) is 21.9 Å². The van der Waals surface area contributed by atoms with Crippen LogP contribution in [-0.4, -0.2) is 180 Å². The largest absolute Gasteiger partial charge is 0.508 e. The lowest BCUT2D eigenvalue weighted by molar-refractivity contribution is -0.903. The lowest BCUT2D eigenvalue weighted by Gasteiger charge is -2.38. The maximum absolute atomic E-state index is 15.7. The van der Waals surface area contributed by atoms with E-state index in [1.54, 1.807) is 102 Å². The molecule has 10 rings (SSSR count). The number of aromatic hydroxyl groups is 1. The van der Waals surface area contributed by atoms with Crippen molar-refractivity contribution in [2.75, 3.05) is 90.7 Å². The molecule has 6 aromatic carbocycles. The monoisotopic (exact) mass is 1620 g/mol. The number of ether oxygens (including phenoxy) is 5. The third-order valence-corrected chi connectivity index (χ3v) is 21.7. The molecule has 0 radical (unpaired) electrons. The molecule has 2 aliphatic rings. The van der Waals surface area contributed by atoms with Crippen LogP contribution in [0.25, 0.3) is 22.4 Å². The van der Waals surface area contributed by atoms with E-state index in [-0.39, 0.29) is 115 Å². The van der Waals surface area contributed by atoms with Gasteiger partial charge in [-0.15, -0.1) is 0 Å². The van der Waals surface area contributed by atoms with Crippen molar-refractivity contribution >= 4 is 76.3 Å². The fourth-order valence-corrected chi connectivity index (χ4v) is 15.2. The van der Waals surface area contributed by atoms with Crippen LogP contribution >= 0.6 is 11.6 Å². The highest BCUT2D eigenvalue weighted by Crippen LogP contribution is 2.45. The highest BCUT2D eigenvalue weighted by molar-refractivity contribution is 6.31. The van der Waals surface area contributed by atoms with Crippen molar-refractivity contribution in [2.45, 2.75) is 143 Å². The number of carbonyl (C=O) groups is 8. The predicted molar refractivity (Wildman–Crippen MR) is 448 cm³/mol. The molecule has 0 spiro atoms. The van der Waals surface area contributed by atoms with Crippen LogP contribution in [0.15, 0.2) is 146 Å². The molecule has 27 heteroatoms. The second-order valence-corrected chi connectivity index (χ2v) is 32.4. The molecule has 0 unspecified atom stereocenters. The molecule has 3 heterocycles. The summed E-state index contributed by atoms with van der Waals surface area (Å²) >= 11 is 6.87. The van der Waals surface area contributed by atoms with E-state index < -0.39 is 59.4 Å². The zero-order valence-electron chi connectivity index (χ0n) is 69.0. The van der Waals surface area contributed by atoms with Gasteiger partial charge in [0.25, 0.3) is 11.8 Å². The summed E-state index contributed by atoms with van der Waals surface area (Å²) in [7, 11) is 9.52. The summed E-state index contributed by atoms with van der Waals surface area (Å²) in [6, 6.07) is 43.8. The van der Waals surface area contributed by atoms with Gasteiger partial charge in [0, 0.05) is 109 Å². The molecule has 620 valence electrons. The number of amides is 8. The Morgan fingerprint density at radius 3 is 2.00 bits per heavy atom. The summed E-state index contributed by atoms with van der Waals surface area (Å²) in [6.45, 7) is 15.5. The molecular formula is C90H110ClN12O14+. The fraction of sp³-hybridized carbons (Fsp3) is 0.411. The van der Waals surface area contributed by atoms with Crippen LogP contribution in [0, 0.1) is 31.1 Å². The van der Waals surface area contributed by atoms with Crippen LogP contribution in [0.4, 0.5) is 26.7 Å². The van der Waals surface area contributed by atoms with E-state index in [0.717, 1.165) is 38.9 Å². The number of urea groups is 1. The molecule has 1 aliphatic carbocycles. The molecule has 0 fully saturated rings. The Morgan fingerprint density at radius 1 is 0.718 bits per heavy atom. The Morgan fingerprint density at radius 2 is 1.36 bits per heavy atom. The number of nitrogens with zero attached hydrogens (tertiary/aromatic N) is 7. The average molecular weight is 1620 g/mol. The Kier molecular flexibility index (Phi) is 30.1.